The molecule has 0 aliphatic rings. The van der Waals surface area contributed by atoms with Crippen LogP contribution >= 0.6 is 11.6 Å². The highest BCUT2D eigenvalue weighted by Crippen LogP contribution is 2.29. The molecule has 0 saturated heterocycles. The molecule has 0 N–H and O–H groups in total. The van der Waals surface area contributed by atoms with E-state index in [1.807, 2.05) is 0 Å². The third kappa shape index (κ3) is 3.88. The molecule has 0 aromatic carbocycles. The molecular weight excluding hydrogens is 274 g/mol. The minimum Gasteiger partial charge on any atom is -0.237 e. The van der Waals surface area contributed by atoms with Crippen molar-refractivity contribution < 1.29 is 26.3 Å². The van der Waals surface area contributed by atoms with Crippen LogP contribution in [0.4, 0.5) is 32.2 Å². The zero-order valence-electron chi connectivity index (χ0n) is 7.77. The smallest absolute Gasteiger partial charge is 0.237 e. The first-order valence-corrected chi connectivity index (χ1v) is 4.33. The molecule has 1 rings (SSSR count). The number of pyridine rings is 1. The second-order valence-corrected chi connectivity index (χ2v) is 3.16. The summed E-state index contributed by atoms with van der Waals surface area (Å²) in [4.78, 5) is 5.94. The summed E-state index contributed by atoms with van der Waals surface area (Å²) in [6.07, 6.45) is -9.09. The lowest BCUT2D eigenvalue weighted by Crippen LogP contribution is -2.16. The van der Waals surface area contributed by atoms with Gasteiger partial charge in [0.1, 0.15) is 0 Å². The topological polar surface area (TPSA) is 25.2 Å². The lowest BCUT2D eigenvalue weighted by Gasteiger charge is -2.06. The summed E-state index contributed by atoms with van der Waals surface area (Å²) in [5.74, 6) is -0.555. The fourth-order valence-electron chi connectivity index (χ4n) is 0.784. The minimum absolute atomic E-state index is 0.374. The Bertz CT molecular complexity index is 419. The summed E-state index contributed by atoms with van der Waals surface area (Å²) in [5, 5.41) is -1.70. The van der Waals surface area contributed by atoms with E-state index < -0.39 is 28.9 Å². The second-order valence-electron chi connectivity index (χ2n) is 2.80. The number of alkyl halides is 6. The van der Waals surface area contributed by atoms with Crippen molar-refractivity contribution in [2.45, 2.75) is 12.4 Å². The van der Waals surface area contributed by atoms with Gasteiger partial charge in [0.15, 0.2) is 5.82 Å². The predicted molar refractivity (Wildman–Crippen MR) is 48.2 cm³/mol. The van der Waals surface area contributed by atoms with Crippen LogP contribution in [-0.2, 0) is 6.18 Å². The quantitative estimate of drug-likeness (QED) is 0.563. The van der Waals surface area contributed by atoms with Crippen LogP contribution in [0, 0.1) is 0 Å². The average Bonchev–Trinajstić information content (AvgIpc) is 2.15. The standard InChI is InChI=1S/C8H3ClF6N2/c9-6(8(13,14)15)17-5-2-1-4(3-16-5)7(10,11)12/h1-3H. The molecule has 0 unspecified atom stereocenters. The Balaban J connectivity index is 2.97. The molecule has 94 valence electrons. The molecule has 2 nitrogen and oxygen atoms in total. The molecule has 9 heteroatoms. The third-order valence-corrected chi connectivity index (χ3v) is 1.82. The SMILES string of the molecule is FC(F)(F)C(Cl)=Nc1ccc(C(F)(F)F)cn1. The zero-order valence-corrected chi connectivity index (χ0v) is 8.53. The van der Waals surface area contributed by atoms with E-state index in [1.165, 1.54) is 0 Å². The van der Waals surface area contributed by atoms with Gasteiger partial charge in [-0.2, -0.15) is 26.3 Å². The normalized spacial score (nSPS) is 13.9. The monoisotopic (exact) mass is 276 g/mol. The molecule has 1 aromatic rings. The van der Waals surface area contributed by atoms with Gasteiger partial charge in [0, 0.05) is 6.20 Å². The first-order chi connectivity index (χ1) is 7.60. The van der Waals surface area contributed by atoms with Crippen molar-refractivity contribution in [2.24, 2.45) is 4.99 Å². The number of aromatic nitrogens is 1. The van der Waals surface area contributed by atoms with Crippen LogP contribution in [-0.4, -0.2) is 16.3 Å². The molecule has 0 spiro atoms. The number of halogens is 7. The van der Waals surface area contributed by atoms with E-state index in [2.05, 4.69) is 9.98 Å². The Morgan fingerprint density at radius 2 is 1.71 bits per heavy atom. The van der Waals surface area contributed by atoms with Crippen molar-refractivity contribution in [3.05, 3.63) is 23.9 Å². The van der Waals surface area contributed by atoms with Gasteiger partial charge in [0.2, 0.25) is 5.17 Å². The van der Waals surface area contributed by atoms with Crippen molar-refractivity contribution in [3.63, 3.8) is 0 Å². The van der Waals surface area contributed by atoms with E-state index >= 15 is 0 Å². The Morgan fingerprint density at radius 3 is 2.06 bits per heavy atom. The van der Waals surface area contributed by atoms with Crippen LogP contribution in [0.2, 0.25) is 0 Å². The summed E-state index contributed by atoms with van der Waals surface area (Å²) in [5.41, 5.74) is -1.08. The van der Waals surface area contributed by atoms with Gasteiger partial charge in [-0.1, -0.05) is 11.6 Å². The van der Waals surface area contributed by atoms with E-state index in [1.54, 1.807) is 0 Å². The summed E-state index contributed by atoms with van der Waals surface area (Å²) in [7, 11) is 0. The molecule has 17 heavy (non-hydrogen) atoms. The summed E-state index contributed by atoms with van der Waals surface area (Å²) < 4.78 is 72.1. The summed E-state index contributed by atoms with van der Waals surface area (Å²) in [6, 6.07) is 1.25. The molecule has 0 radical (unpaired) electrons. The molecule has 0 aliphatic carbocycles. The van der Waals surface area contributed by atoms with Gasteiger partial charge in [0.05, 0.1) is 5.56 Å². The predicted octanol–water partition coefficient (Wildman–Crippen LogP) is 3.93. The first-order valence-electron chi connectivity index (χ1n) is 3.95. The number of aliphatic imine (C=N–C) groups is 1. The number of hydrogen-bond acceptors (Lipinski definition) is 2. The molecular formula is C8H3ClF6N2. The van der Waals surface area contributed by atoms with Gasteiger partial charge in [-0.25, -0.2) is 9.98 Å². The van der Waals surface area contributed by atoms with Crippen LogP contribution in [0.15, 0.2) is 23.3 Å². The third-order valence-electron chi connectivity index (χ3n) is 1.52. The maximum absolute atomic E-state index is 12.1. The van der Waals surface area contributed by atoms with Gasteiger partial charge < -0.3 is 0 Å². The van der Waals surface area contributed by atoms with Crippen molar-refractivity contribution in [1.29, 1.82) is 0 Å². The summed E-state index contributed by atoms with van der Waals surface area (Å²) >= 11 is 4.78. The number of hydrogen-bond donors (Lipinski definition) is 0. The lowest BCUT2D eigenvalue weighted by atomic mass is 10.3. The first kappa shape index (κ1) is 13.8. The molecule has 0 aliphatic heterocycles. The van der Waals surface area contributed by atoms with Gasteiger partial charge in [-0.05, 0) is 12.1 Å². The van der Waals surface area contributed by atoms with Crippen molar-refractivity contribution in [1.82, 2.24) is 4.98 Å². The maximum Gasteiger partial charge on any atom is 0.444 e. The number of rotatable bonds is 1. The number of nitrogens with zero attached hydrogens (tertiary/aromatic N) is 2. The molecule has 1 aromatic heterocycles. The van der Waals surface area contributed by atoms with Gasteiger partial charge in [0.25, 0.3) is 0 Å². The maximum atomic E-state index is 12.1. The Labute approximate surface area is 95.9 Å². The molecule has 0 amide bonds. The largest absolute Gasteiger partial charge is 0.444 e. The van der Waals surface area contributed by atoms with Crippen molar-refractivity contribution in [3.8, 4) is 0 Å². The highest BCUT2D eigenvalue weighted by molar-refractivity contribution is 6.67. The van der Waals surface area contributed by atoms with Gasteiger partial charge in [-0.15, -0.1) is 0 Å². The zero-order chi connectivity index (χ0) is 13.3. The van der Waals surface area contributed by atoms with E-state index in [-0.39, 0.29) is 0 Å². The Kier molecular flexibility index (Phi) is 3.65. The van der Waals surface area contributed by atoms with Gasteiger partial charge in [-0.3, -0.25) is 0 Å². The van der Waals surface area contributed by atoms with Crippen molar-refractivity contribution in [2.75, 3.05) is 0 Å². The second kappa shape index (κ2) is 4.52. The molecule has 0 atom stereocenters. The minimum atomic E-state index is -4.86. The average molecular weight is 277 g/mol. The highest BCUT2D eigenvalue weighted by Gasteiger charge is 2.35. The van der Waals surface area contributed by atoms with Crippen LogP contribution in [0.5, 0.6) is 0 Å². The fourth-order valence-corrected chi connectivity index (χ4v) is 0.870. The molecule has 0 fully saturated rings. The lowest BCUT2D eigenvalue weighted by molar-refractivity contribution is -0.137. The molecule has 1 heterocycles. The van der Waals surface area contributed by atoms with E-state index in [0.29, 0.717) is 18.3 Å². The van der Waals surface area contributed by atoms with Crippen molar-refractivity contribution >= 4 is 22.6 Å². The summed E-state index contributed by atoms with van der Waals surface area (Å²) in [6.45, 7) is 0. The van der Waals surface area contributed by atoms with E-state index in [0.717, 1.165) is 0 Å². The van der Waals surface area contributed by atoms with Crippen LogP contribution in [0.1, 0.15) is 5.56 Å². The Hall–Kier alpha value is -1.31. The molecule has 0 bridgehead atoms. The van der Waals surface area contributed by atoms with Crippen LogP contribution in [0.25, 0.3) is 0 Å². The fraction of sp³-hybridized carbons (Fsp3) is 0.250. The Morgan fingerprint density at radius 1 is 1.12 bits per heavy atom. The van der Waals surface area contributed by atoms with Crippen LogP contribution < -0.4 is 0 Å². The highest BCUT2D eigenvalue weighted by atomic mass is 35.5. The molecule has 0 saturated carbocycles. The van der Waals surface area contributed by atoms with Crippen LogP contribution in [0.3, 0.4) is 0 Å². The van der Waals surface area contributed by atoms with E-state index in [4.69, 9.17) is 11.6 Å². The van der Waals surface area contributed by atoms with Gasteiger partial charge >= 0.3 is 12.4 Å². The van der Waals surface area contributed by atoms with E-state index in [9.17, 15) is 26.3 Å².